The van der Waals surface area contributed by atoms with E-state index in [9.17, 15) is 4.79 Å². The summed E-state index contributed by atoms with van der Waals surface area (Å²) in [7, 11) is 3.18. The smallest absolute Gasteiger partial charge is 0.255 e. The van der Waals surface area contributed by atoms with Gasteiger partial charge in [0.05, 0.1) is 19.8 Å². The third-order valence-electron chi connectivity index (χ3n) is 5.45. The van der Waals surface area contributed by atoms with E-state index < -0.39 is 0 Å². The number of hydrogen-bond donors (Lipinski definition) is 1. The van der Waals surface area contributed by atoms with Crippen LogP contribution in [-0.4, -0.2) is 26.2 Å². The largest absolute Gasteiger partial charge is 0.497 e. The minimum atomic E-state index is -0.0604. The number of carbonyl (C=O) groups is 1. The molecule has 1 aromatic carbocycles. The predicted molar refractivity (Wildman–Crippen MR) is 85.4 cm³/mol. The summed E-state index contributed by atoms with van der Waals surface area (Å²) in [6.45, 7) is 2.14. The van der Waals surface area contributed by atoms with Crippen LogP contribution in [0.5, 0.6) is 11.5 Å². The number of fused-ring (bicyclic) bond motifs is 2. The van der Waals surface area contributed by atoms with Gasteiger partial charge in [-0.25, -0.2) is 0 Å². The van der Waals surface area contributed by atoms with Crippen molar-refractivity contribution in [1.82, 2.24) is 5.32 Å². The molecule has 0 aliphatic heterocycles. The van der Waals surface area contributed by atoms with Gasteiger partial charge in [-0.15, -0.1) is 0 Å². The summed E-state index contributed by atoms with van der Waals surface area (Å²) in [6, 6.07) is 5.52. The average molecular weight is 303 g/mol. The van der Waals surface area contributed by atoms with Gasteiger partial charge in [-0.1, -0.05) is 6.42 Å². The number of methoxy groups -OCH3 is 2. The zero-order valence-corrected chi connectivity index (χ0v) is 13.6. The molecule has 0 spiro atoms. The molecule has 0 saturated heterocycles. The highest BCUT2D eigenvalue weighted by Gasteiger charge is 2.42. The zero-order chi connectivity index (χ0) is 15.7. The van der Waals surface area contributed by atoms with Crippen LogP contribution < -0.4 is 14.8 Å². The molecule has 2 aliphatic rings. The topological polar surface area (TPSA) is 47.6 Å². The molecule has 2 saturated carbocycles. The Labute approximate surface area is 132 Å². The van der Waals surface area contributed by atoms with Crippen molar-refractivity contribution in [2.75, 3.05) is 14.2 Å². The van der Waals surface area contributed by atoms with Gasteiger partial charge in [-0.3, -0.25) is 4.79 Å². The van der Waals surface area contributed by atoms with Crippen LogP contribution in [0.1, 0.15) is 43.0 Å². The van der Waals surface area contributed by atoms with E-state index >= 15 is 0 Å². The average Bonchev–Trinajstić information content (AvgIpc) is 3.17. The Morgan fingerprint density at radius 1 is 1.23 bits per heavy atom. The molecule has 2 aliphatic carbocycles. The fourth-order valence-electron chi connectivity index (χ4n) is 4.28. The van der Waals surface area contributed by atoms with Crippen LogP contribution >= 0.6 is 0 Å². The van der Waals surface area contributed by atoms with Gasteiger partial charge in [-0.2, -0.15) is 0 Å². The molecule has 2 fully saturated rings. The maximum absolute atomic E-state index is 12.6. The van der Waals surface area contributed by atoms with Crippen LogP contribution in [0.4, 0.5) is 0 Å². The van der Waals surface area contributed by atoms with Crippen molar-refractivity contribution in [3.8, 4) is 11.5 Å². The maximum atomic E-state index is 12.6. The molecule has 0 heterocycles. The van der Waals surface area contributed by atoms with Crippen LogP contribution in [0.3, 0.4) is 0 Å². The summed E-state index contributed by atoms with van der Waals surface area (Å²) in [5.74, 6) is 3.51. The first-order valence-electron chi connectivity index (χ1n) is 8.15. The number of amides is 1. The third kappa shape index (κ3) is 2.79. The Morgan fingerprint density at radius 2 is 2.05 bits per heavy atom. The number of nitrogens with one attached hydrogen (secondary N) is 1. The minimum absolute atomic E-state index is 0.0604. The van der Waals surface area contributed by atoms with Gasteiger partial charge in [0.1, 0.15) is 11.5 Å². The molecular formula is C18H25NO3. The Morgan fingerprint density at radius 3 is 2.64 bits per heavy atom. The summed E-state index contributed by atoms with van der Waals surface area (Å²) in [4.78, 5) is 12.6. The van der Waals surface area contributed by atoms with Gasteiger partial charge >= 0.3 is 0 Å². The van der Waals surface area contributed by atoms with Crippen LogP contribution in [0.15, 0.2) is 18.2 Å². The molecule has 0 aromatic heterocycles. The molecule has 3 rings (SSSR count). The fraction of sp³-hybridized carbons (Fsp3) is 0.611. The number of hydrogen-bond acceptors (Lipinski definition) is 3. The molecule has 1 amide bonds. The van der Waals surface area contributed by atoms with Crippen molar-refractivity contribution in [3.63, 3.8) is 0 Å². The molecule has 1 aromatic rings. The van der Waals surface area contributed by atoms with Crippen molar-refractivity contribution in [3.05, 3.63) is 23.8 Å². The Balaban J connectivity index is 1.69. The lowest BCUT2D eigenvalue weighted by Crippen LogP contribution is -2.40. The van der Waals surface area contributed by atoms with Gasteiger partial charge in [0.2, 0.25) is 0 Å². The van der Waals surface area contributed by atoms with E-state index in [-0.39, 0.29) is 11.9 Å². The maximum Gasteiger partial charge on any atom is 0.255 e. The normalized spacial score (nSPS) is 27.5. The van der Waals surface area contributed by atoms with Gasteiger partial charge in [-0.05, 0) is 56.1 Å². The molecule has 22 heavy (non-hydrogen) atoms. The van der Waals surface area contributed by atoms with Crippen LogP contribution in [0.2, 0.25) is 0 Å². The lowest BCUT2D eigenvalue weighted by atomic mass is 9.84. The molecule has 0 radical (unpaired) electrons. The SMILES string of the molecule is COc1ccc(C(=O)N[C@@H](C)[C@H]2C[C@H]3CC[C@H]2C3)c(OC)c1. The molecule has 4 atom stereocenters. The number of carbonyl (C=O) groups excluding carboxylic acids is 1. The highest BCUT2D eigenvalue weighted by molar-refractivity contribution is 5.97. The lowest BCUT2D eigenvalue weighted by Gasteiger charge is -2.28. The van der Waals surface area contributed by atoms with Crippen LogP contribution in [0.25, 0.3) is 0 Å². The number of benzene rings is 1. The molecule has 4 heteroatoms. The Kier molecular flexibility index (Phi) is 4.27. The molecule has 1 N–H and O–H groups in total. The second-order valence-corrected chi connectivity index (χ2v) is 6.67. The summed E-state index contributed by atoms with van der Waals surface area (Å²) >= 11 is 0. The third-order valence-corrected chi connectivity index (χ3v) is 5.45. The molecular weight excluding hydrogens is 278 g/mol. The molecule has 0 unspecified atom stereocenters. The van der Waals surface area contributed by atoms with E-state index in [0.717, 1.165) is 11.8 Å². The lowest BCUT2D eigenvalue weighted by molar-refractivity contribution is 0.0912. The van der Waals surface area contributed by atoms with Crippen molar-refractivity contribution in [1.29, 1.82) is 0 Å². The Bertz CT molecular complexity index is 557. The first-order chi connectivity index (χ1) is 10.6. The quantitative estimate of drug-likeness (QED) is 0.908. The van der Waals surface area contributed by atoms with Crippen molar-refractivity contribution in [2.45, 2.75) is 38.6 Å². The fourth-order valence-corrected chi connectivity index (χ4v) is 4.28. The first-order valence-corrected chi connectivity index (χ1v) is 8.15. The van der Waals surface area contributed by atoms with E-state index in [1.165, 1.54) is 25.7 Å². The van der Waals surface area contributed by atoms with Gasteiger partial charge in [0.25, 0.3) is 5.91 Å². The number of ether oxygens (including phenoxy) is 2. The second-order valence-electron chi connectivity index (χ2n) is 6.67. The van der Waals surface area contributed by atoms with E-state index in [1.807, 2.05) is 0 Å². The van der Waals surface area contributed by atoms with E-state index in [4.69, 9.17) is 9.47 Å². The van der Waals surface area contributed by atoms with E-state index in [0.29, 0.717) is 23.0 Å². The second kappa shape index (κ2) is 6.19. The standard InChI is InChI=1S/C18H25NO3/c1-11(16-9-12-4-5-13(16)8-12)19-18(20)15-7-6-14(21-2)10-17(15)22-3/h6-7,10-13,16H,4-5,8-9H2,1-3H3,(H,19,20)/t11-,12-,13-,16+/m0/s1. The highest BCUT2D eigenvalue weighted by Crippen LogP contribution is 2.49. The van der Waals surface area contributed by atoms with E-state index in [1.54, 1.807) is 32.4 Å². The van der Waals surface area contributed by atoms with Crippen LogP contribution in [0, 0.1) is 17.8 Å². The van der Waals surface area contributed by atoms with Crippen LogP contribution in [-0.2, 0) is 0 Å². The van der Waals surface area contributed by atoms with Gasteiger partial charge in [0, 0.05) is 12.1 Å². The summed E-state index contributed by atoms with van der Waals surface area (Å²) in [5.41, 5.74) is 0.568. The van der Waals surface area contributed by atoms with Gasteiger partial charge < -0.3 is 14.8 Å². The Hall–Kier alpha value is -1.71. The summed E-state index contributed by atoms with van der Waals surface area (Å²) in [6.07, 6.45) is 5.35. The summed E-state index contributed by atoms with van der Waals surface area (Å²) < 4.78 is 10.5. The number of rotatable bonds is 5. The monoisotopic (exact) mass is 303 g/mol. The van der Waals surface area contributed by atoms with Crippen molar-refractivity contribution in [2.24, 2.45) is 17.8 Å². The zero-order valence-electron chi connectivity index (χ0n) is 13.6. The highest BCUT2D eigenvalue weighted by atomic mass is 16.5. The van der Waals surface area contributed by atoms with Crippen molar-refractivity contribution < 1.29 is 14.3 Å². The molecule has 2 bridgehead atoms. The molecule has 4 nitrogen and oxygen atoms in total. The first kappa shape index (κ1) is 15.2. The molecule has 120 valence electrons. The van der Waals surface area contributed by atoms with Gasteiger partial charge in [0.15, 0.2) is 0 Å². The predicted octanol–water partition coefficient (Wildman–Crippen LogP) is 3.26. The van der Waals surface area contributed by atoms with E-state index in [2.05, 4.69) is 12.2 Å². The summed E-state index contributed by atoms with van der Waals surface area (Å²) in [5, 5.41) is 3.18. The van der Waals surface area contributed by atoms with Crippen molar-refractivity contribution >= 4 is 5.91 Å². The minimum Gasteiger partial charge on any atom is -0.497 e.